The normalized spacial score (nSPS) is 9.88. The molecule has 0 aromatic heterocycles. The van der Waals surface area contributed by atoms with Crippen LogP contribution in [-0.4, -0.2) is 18.4 Å². The molecule has 0 aliphatic rings. The Morgan fingerprint density at radius 2 is 1.94 bits per heavy atom. The Hall–Kier alpha value is -2.24. The molecule has 17 heavy (non-hydrogen) atoms. The van der Waals surface area contributed by atoms with Crippen molar-refractivity contribution in [3.05, 3.63) is 23.8 Å². The summed E-state index contributed by atoms with van der Waals surface area (Å²) in [6.07, 6.45) is 0.879. The van der Waals surface area contributed by atoms with Crippen molar-refractivity contribution < 1.29 is 9.59 Å². The number of anilines is 2. The summed E-state index contributed by atoms with van der Waals surface area (Å²) < 4.78 is 0. The fraction of sp³-hybridized carbons (Fsp3) is 0.273. The third kappa shape index (κ3) is 4.02. The highest BCUT2D eigenvalue weighted by Gasteiger charge is 2.07. The van der Waals surface area contributed by atoms with E-state index >= 15 is 0 Å². The highest BCUT2D eigenvalue weighted by Crippen LogP contribution is 2.18. The topological polar surface area (TPSA) is 124 Å². The van der Waals surface area contributed by atoms with Crippen molar-refractivity contribution in [1.29, 1.82) is 0 Å². The van der Waals surface area contributed by atoms with Gasteiger partial charge in [-0.05, 0) is 24.6 Å². The van der Waals surface area contributed by atoms with Gasteiger partial charge in [0.2, 0.25) is 5.91 Å². The number of benzene rings is 1. The maximum Gasteiger partial charge on any atom is 0.250 e. The van der Waals surface area contributed by atoms with Crippen LogP contribution in [0.5, 0.6) is 0 Å². The van der Waals surface area contributed by atoms with Crippen LogP contribution in [0.2, 0.25) is 0 Å². The van der Waals surface area contributed by atoms with Gasteiger partial charge in [0.25, 0.3) is 5.91 Å². The zero-order chi connectivity index (χ0) is 12.8. The van der Waals surface area contributed by atoms with Crippen LogP contribution < -0.4 is 22.5 Å². The summed E-state index contributed by atoms with van der Waals surface area (Å²) in [4.78, 5) is 21.7. The number of carbonyl (C=O) groups is 2. The van der Waals surface area contributed by atoms with Gasteiger partial charge >= 0.3 is 0 Å². The number of amides is 2. The zero-order valence-electron chi connectivity index (χ0n) is 9.40. The van der Waals surface area contributed by atoms with E-state index in [1.54, 1.807) is 18.2 Å². The van der Waals surface area contributed by atoms with E-state index < -0.39 is 5.91 Å². The van der Waals surface area contributed by atoms with E-state index in [0.717, 1.165) is 0 Å². The van der Waals surface area contributed by atoms with E-state index in [1.807, 2.05) is 0 Å². The molecule has 1 rings (SSSR count). The van der Waals surface area contributed by atoms with Gasteiger partial charge in [0.1, 0.15) is 0 Å². The SMILES string of the molecule is NC(=O)CCCNc1cc(N)ccc1C(N)=O. The van der Waals surface area contributed by atoms with Crippen molar-refractivity contribution in [3.63, 3.8) is 0 Å². The van der Waals surface area contributed by atoms with Gasteiger partial charge in [0.05, 0.1) is 5.56 Å². The quantitative estimate of drug-likeness (QED) is 0.411. The minimum Gasteiger partial charge on any atom is -0.399 e. The van der Waals surface area contributed by atoms with Gasteiger partial charge in [-0.25, -0.2) is 0 Å². The first-order valence-electron chi connectivity index (χ1n) is 5.22. The Bertz CT molecular complexity index is 431. The first kappa shape index (κ1) is 12.8. The Balaban J connectivity index is 2.65. The summed E-state index contributed by atoms with van der Waals surface area (Å²) in [5.74, 6) is -0.878. The van der Waals surface area contributed by atoms with Crippen molar-refractivity contribution in [1.82, 2.24) is 0 Å². The highest BCUT2D eigenvalue weighted by atomic mass is 16.1. The van der Waals surface area contributed by atoms with E-state index in [1.165, 1.54) is 0 Å². The van der Waals surface area contributed by atoms with Crippen LogP contribution >= 0.6 is 0 Å². The monoisotopic (exact) mass is 236 g/mol. The third-order valence-corrected chi connectivity index (χ3v) is 2.22. The smallest absolute Gasteiger partial charge is 0.250 e. The molecule has 0 bridgehead atoms. The lowest BCUT2D eigenvalue weighted by Gasteiger charge is -2.10. The lowest BCUT2D eigenvalue weighted by Crippen LogP contribution is -2.16. The Kier molecular flexibility index (Phi) is 4.33. The molecule has 6 nitrogen and oxygen atoms in total. The maximum atomic E-state index is 11.1. The lowest BCUT2D eigenvalue weighted by molar-refractivity contribution is -0.118. The zero-order valence-corrected chi connectivity index (χ0v) is 9.40. The first-order chi connectivity index (χ1) is 8.00. The molecule has 1 aromatic rings. The Labute approximate surface area is 99.1 Å². The Morgan fingerprint density at radius 3 is 2.53 bits per heavy atom. The predicted molar refractivity (Wildman–Crippen MR) is 66.3 cm³/mol. The van der Waals surface area contributed by atoms with Gasteiger partial charge < -0.3 is 22.5 Å². The van der Waals surface area contributed by atoms with Crippen molar-refractivity contribution in [2.24, 2.45) is 11.5 Å². The van der Waals surface area contributed by atoms with Gasteiger partial charge in [-0.2, -0.15) is 0 Å². The second-order valence-electron chi connectivity index (χ2n) is 3.67. The molecule has 7 N–H and O–H groups in total. The van der Waals surface area contributed by atoms with E-state index in [0.29, 0.717) is 36.3 Å². The molecule has 0 aliphatic heterocycles. The third-order valence-electron chi connectivity index (χ3n) is 2.22. The van der Waals surface area contributed by atoms with Gasteiger partial charge in [-0.3, -0.25) is 9.59 Å². The molecule has 6 heteroatoms. The predicted octanol–water partition coefficient (Wildman–Crippen LogP) is 0.0451. The maximum absolute atomic E-state index is 11.1. The fourth-order valence-electron chi connectivity index (χ4n) is 1.41. The molecule has 0 atom stereocenters. The molecule has 92 valence electrons. The van der Waals surface area contributed by atoms with Crippen molar-refractivity contribution >= 4 is 23.2 Å². The number of primary amides is 2. The Morgan fingerprint density at radius 1 is 1.24 bits per heavy atom. The molecule has 2 amide bonds. The number of hydrogen-bond donors (Lipinski definition) is 4. The molecule has 0 heterocycles. The number of carbonyl (C=O) groups excluding carboxylic acids is 2. The van der Waals surface area contributed by atoms with Crippen LogP contribution in [0.15, 0.2) is 18.2 Å². The van der Waals surface area contributed by atoms with Crippen LogP contribution in [0.3, 0.4) is 0 Å². The summed E-state index contributed by atoms with van der Waals surface area (Å²) >= 11 is 0. The largest absolute Gasteiger partial charge is 0.399 e. The molecule has 0 radical (unpaired) electrons. The second kappa shape index (κ2) is 5.74. The molecular weight excluding hydrogens is 220 g/mol. The van der Waals surface area contributed by atoms with E-state index in [9.17, 15) is 9.59 Å². The minimum atomic E-state index is -0.526. The first-order valence-corrected chi connectivity index (χ1v) is 5.22. The number of hydrogen-bond acceptors (Lipinski definition) is 4. The average molecular weight is 236 g/mol. The summed E-state index contributed by atoms with van der Waals surface area (Å²) in [5, 5.41) is 3.00. The number of nitrogen functional groups attached to an aromatic ring is 1. The van der Waals surface area contributed by atoms with Crippen LogP contribution in [0.25, 0.3) is 0 Å². The standard InChI is InChI=1S/C11H16N4O2/c12-7-3-4-8(11(14)17)9(6-7)15-5-1-2-10(13)16/h3-4,6,15H,1-2,5,12H2,(H2,13,16)(H2,14,17). The van der Waals surface area contributed by atoms with Crippen LogP contribution in [0.1, 0.15) is 23.2 Å². The average Bonchev–Trinajstić information content (AvgIpc) is 2.23. The number of nitrogens with two attached hydrogens (primary N) is 3. The van der Waals surface area contributed by atoms with Crippen LogP contribution in [0.4, 0.5) is 11.4 Å². The molecule has 0 spiro atoms. The summed E-state index contributed by atoms with van der Waals surface area (Å²) in [7, 11) is 0. The molecule has 0 aliphatic carbocycles. The minimum absolute atomic E-state index is 0.293. The van der Waals surface area contributed by atoms with E-state index in [4.69, 9.17) is 17.2 Å². The van der Waals surface area contributed by atoms with E-state index in [-0.39, 0.29) is 5.91 Å². The van der Waals surface area contributed by atoms with Crippen molar-refractivity contribution in [3.8, 4) is 0 Å². The molecule has 0 fully saturated rings. The molecule has 0 unspecified atom stereocenters. The summed E-state index contributed by atoms with van der Waals surface area (Å²) in [6, 6.07) is 4.80. The van der Waals surface area contributed by atoms with Gasteiger partial charge in [0.15, 0.2) is 0 Å². The summed E-state index contributed by atoms with van der Waals surface area (Å²) in [6.45, 7) is 0.521. The van der Waals surface area contributed by atoms with Gasteiger partial charge in [-0.1, -0.05) is 0 Å². The number of nitrogens with one attached hydrogen (secondary N) is 1. The van der Waals surface area contributed by atoms with Crippen LogP contribution in [0, 0.1) is 0 Å². The van der Waals surface area contributed by atoms with Gasteiger partial charge in [-0.15, -0.1) is 0 Å². The lowest BCUT2D eigenvalue weighted by atomic mass is 10.1. The van der Waals surface area contributed by atoms with E-state index in [2.05, 4.69) is 5.32 Å². The highest BCUT2D eigenvalue weighted by molar-refractivity contribution is 5.99. The van der Waals surface area contributed by atoms with Crippen molar-refractivity contribution in [2.75, 3.05) is 17.6 Å². The number of rotatable bonds is 6. The van der Waals surface area contributed by atoms with Gasteiger partial charge in [0, 0.05) is 24.3 Å². The van der Waals surface area contributed by atoms with Crippen molar-refractivity contribution in [2.45, 2.75) is 12.8 Å². The molecule has 1 aromatic carbocycles. The second-order valence-corrected chi connectivity index (χ2v) is 3.67. The molecule has 0 saturated carbocycles. The summed E-state index contributed by atoms with van der Waals surface area (Å²) in [5.41, 5.74) is 17.3. The fourth-order valence-corrected chi connectivity index (χ4v) is 1.41. The molecule has 0 saturated heterocycles. The van der Waals surface area contributed by atoms with Crippen LogP contribution in [-0.2, 0) is 4.79 Å². The molecular formula is C11H16N4O2.